The average Bonchev–Trinajstić information content (AvgIpc) is 1.94. The van der Waals surface area contributed by atoms with Crippen molar-refractivity contribution >= 4 is 5.82 Å². The summed E-state index contributed by atoms with van der Waals surface area (Å²) in [5.74, 6) is -0.650. The average molecular weight is 155 g/mol. The zero-order valence-corrected chi connectivity index (χ0v) is 6.50. The van der Waals surface area contributed by atoms with E-state index in [0.717, 1.165) is 0 Å². The lowest BCUT2D eigenvalue weighted by Gasteiger charge is -2.03. The molecule has 0 atom stereocenters. The SMILES string of the molecule is CC(C)c1cnc(N)c(F)n1. The largest absolute Gasteiger partial charge is 0.380 e. The van der Waals surface area contributed by atoms with Crippen molar-refractivity contribution in [2.75, 3.05) is 5.73 Å². The van der Waals surface area contributed by atoms with Crippen LogP contribution in [-0.2, 0) is 0 Å². The topological polar surface area (TPSA) is 51.8 Å². The first kappa shape index (κ1) is 7.91. The molecule has 0 saturated heterocycles. The first-order valence-electron chi connectivity index (χ1n) is 3.39. The van der Waals surface area contributed by atoms with E-state index in [4.69, 9.17) is 5.73 Å². The van der Waals surface area contributed by atoms with Crippen LogP contribution in [0.5, 0.6) is 0 Å². The van der Waals surface area contributed by atoms with Crippen LogP contribution < -0.4 is 5.73 Å². The van der Waals surface area contributed by atoms with Crippen molar-refractivity contribution in [1.29, 1.82) is 0 Å². The molecular formula is C7H10FN3. The van der Waals surface area contributed by atoms with Gasteiger partial charge in [-0.25, -0.2) is 9.97 Å². The maximum Gasteiger partial charge on any atom is 0.255 e. The molecule has 2 N–H and O–H groups in total. The van der Waals surface area contributed by atoms with Crippen LogP contribution in [0.3, 0.4) is 0 Å². The van der Waals surface area contributed by atoms with Crippen molar-refractivity contribution in [2.45, 2.75) is 19.8 Å². The van der Waals surface area contributed by atoms with Crippen LogP contribution in [0.15, 0.2) is 6.20 Å². The zero-order chi connectivity index (χ0) is 8.43. The molecule has 0 spiro atoms. The third-order valence-electron chi connectivity index (χ3n) is 1.37. The van der Waals surface area contributed by atoms with E-state index in [9.17, 15) is 4.39 Å². The van der Waals surface area contributed by atoms with Gasteiger partial charge in [0.05, 0.1) is 11.9 Å². The first-order valence-corrected chi connectivity index (χ1v) is 3.39. The van der Waals surface area contributed by atoms with Crippen molar-refractivity contribution < 1.29 is 4.39 Å². The van der Waals surface area contributed by atoms with Gasteiger partial charge in [-0.1, -0.05) is 13.8 Å². The Morgan fingerprint density at radius 2 is 2.18 bits per heavy atom. The highest BCUT2D eigenvalue weighted by molar-refractivity contribution is 5.25. The highest BCUT2D eigenvalue weighted by atomic mass is 19.1. The fourth-order valence-electron chi connectivity index (χ4n) is 0.667. The van der Waals surface area contributed by atoms with Gasteiger partial charge in [-0.3, -0.25) is 0 Å². The van der Waals surface area contributed by atoms with Crippen molar-refractivity contribution in [3.63, 3.8) is 0 Å². The minimum absolute atomic E-state index is 0.144. The molecule has 0 radical (unpaired) electrons. The van der Waals surface area contributed by atoms with Crippen molar-refractivity contribution in [1.82, 2.24) is 9.97 Å². The summed E-state index contributed by atoms with van der Waals surface area (Å²) in [6.07, 6.45) is 1.49. The molecule has 3 nitrogen and oxygen atoms in total. The molecule has 0 aliphatic rings. The molecule has 1 aromatic rings. The molecule has 1 rings (SSSR count). The number of nitrogens with two attached hydrogens (primary N) is 1. The van der Waals surface area contributed by atoms with Gasteiger partial charge in [-0.05, 0) is 5.92 Å². The molecule has 0 unspecified atom stereocenters. The Balaban J connectivity index is 3.05. The molecule has 1 aromatic heterocycles. The third kappa shape index (κ3) is 1.63. The van der Waals surface area contributed by atoms with Crippen LogP contribution in [0.1, 0.15) is 25.5 Å². The van der Waals surface area contributed by atoms with E-state index in [1.54, 1.807) is 0 Å². The predicted molar refractivity (Wildman–Crippen MR) is 40.5 cm³/mol. The molecule has 0 aliphatic carbocycles. The van der Waals surface area contributed by atoms with Gasteiger partial charge >= 0.3 is 0 Å². The van der Waals surface area contributed by atoms with Crippen molar-refractivity contribution in [3.05, 3.63) is 17.8 Å². The number of aromatic nitrogens is 2. The molecule has 0 amide bonds. The van der Waals surface area contributed by atoms with Gasteiger partial charge in [-0.15, -0.1) is 0 Å². The number of hydrogen-bond donors (Lipinski definition) is 1. The Bertz CT molecular complexity index is 260. The molecule has 0 fully saturated rings. The normalized spacial score (nSPS) is 10.5. The second-order valence-corrected chi connectivity index (χ2v) is 2.63. The third-order valence-corrected chi connectivity index (χ3v) is 1.37. The van der Waals surface area contributed by atoms with Gasteiger partial charge in [0.15, 0.2) is 5.82 Å². The molecule has 0 aliphatic heterocycles. The van der Waals surface area contributed by atoms with Gasteiger partial charge in [0, 0.05) is 0 Å². The lowest BCUT2D eigenvalue weighted by Crippen LogP contribution is -2.02. The second kappa shape index (κ2) is 2.82. The molecule has 60 valence electrons. The smallest absolute Gasteiger partial charge is 0.255 e. The Hall–Kier alpha value is -1.19. The van der Waals surface area contributed by atoms with Gasteiger partial charge in [-0.2, -0.15) is 4.39 Å². The predicted octanol–water partition coefficient (Wildman–Crippen LogP) is 1.32. The summed E-state index contributed by atoms with van der Waals surface area (Å²) >= 11 is 0. The summed E-state index contributed by atoms with van der Waals surface area (Å²) in [5, 5.41) is 0. The van der Waals surface area contributed by atoms with Crippen LogP contribution in [0.2, 0.25) is 0 Å². The zero-order valence-electron chi connectivity index (χ0n) is 6.50. The maximum atomic E-state index is 12.6. The maximum absolute atomic E-state index is 12.6. The number of halogens is 1. The Morgan fingerprint density at radius 1 is 1.55 bits per heavy atom. The Kier molecular flexibility index (Phi) is 2.03. The van der Waals surface area contributed by atoms with E-state index in [-0.39, 0.29) is 11.7 Å². The standard InChI is InChI=1S/C7H10FN3/c1-4(2)5-3-10-7(9)6(8)11-5/h3-4H,1-2H3,(H2,9,10). The minimum Gasteiger partial charge on any atom is -0.380 e. The van der Waals surface area contributed by atoms with E-state index in [1.165, 1.54) is 6.20 Å². The summed E-state index contributed by atoms with van der Waals surface area (Å²) in [4.78, 5) is 7.26. The van der Waals surface area contributed by atoms with Crippen LogP contribution in [-0.4, -0.2) is 9.97 Å². The first-order chi connectivity index (χ1) is 5.11. The fourth-order valence-corrected chi connectivity index (χ4v) is 0.667. The Morgan fingerprint density at radius 3 is 2.64 bits per heavy atom. The number of nitrogen functional groups attached to an aromatic ring is 1. The molecule has 0 bridgehead atoms. The van der Waals surface area contributed by atoms with E-state index in [2.05, 4.69) is 9.97 Å². The second-order valence-electron chi connectivity index (χ2n) is 2.63. The van der Waals surface area contributed by atoms with Gasteiger partial charge < -0.3 is 5.73 Å². The number of hydrogen-bond acceptors (Lipinski definition) is 3. The van der Waals surface area contributed by atoms with E-state index < -0.39 is 5.95 Å². The van der Waals surface area contributed by atoms with E-state index in [0.29, 0.717) is 5.69 Å². The lowest BCUT2D eigenvalue weighted by molar-refractivity contribution is 0.569. The molecule has 4 heteroatoms. The van der Waals surface area contributed by atoms with Crippen LogP contribution in [0, 0.1) is 5.95 Å². The van der Waals surface area contributed by atoms with Gasteiger partial charge in [0.1, 0.15) is 0 Å². The molecular weight excluding hydrogens is 145 g/mol. The molecule has 0 saturated carbocycles. The summed E-state index contributed by atoms with van der Waals surface area (Å²) in [5.41, 5.74) is 5.76. The lowest BCUT2D eigenvalue weighted by atomic mass is 10.1. The van der Waals surface area contributed by atoms with Gasteiger partial charge in [0.25, 0.3) is 5.95 Å². The Labute approximate surface area is 64.5 Å². The summed E-state index contributed by atoms with van der Waals surface area (Å²) in [7, 11) is 0. The molecule has 0 aromatic carbocycles. The highest BCUT2D eigenvalue weighted by Crippen LogP contribution is 2.11. The van der Waals surface area contributed by atoms with E-state index >= 15 is 0 Å². The quantitative estimate of drug-likeness (QED) is 0.665. The van der Waals surface area contributed by atoms with E-state index in [1.807, 2.05) is 13.8 Å². The highest BCUT2D eigenvalue weighted by Gasteiger charge is 2.05. The minimum atomic E-state index is -0.684. The number of nitrogens with zero attached hydrogens (tertiary/aromatic N) is 2. The van der Waals surface area contributed by atoms with Gasteiger partial charge in [0.2, 0.25) is 0 Å². The van der Waals surface area contributed by atoms with Crippen LogP contribution >= 0.6 is 0 Å². The number of anilines is 1. The van der Waals surface area contributed by atoms with Crippen molar-refractivity contribution in [2.24, 2.45) is 0 Å². The number of rotatable bonds is 1. The van der Waals surface area contributed by atoms with Crippen LogP contribution in [0.25, 0.3) is 0 Å². The molecule has 1 heterocycles. The monoisotopic (exact) mass is 155 g/mol. The summed E-state index contributed by atoms with van der Waals surface area (Å²) in [6.45, 7) is 3.83. The fraction of sp³-hybridized carbons (Fsp3) is 0.429. The summed E-state index contributed by atoms with van der Waals surface area (Å²) < 4.78 is 12.6. The molecule has 11 heavy (non-hydrogen) atoms. The van der Waals surface area contributed by atoms with Crippen LogP contribution in [0.4, 0.5) is 10.2 Å². The van der Waals surface area contributed by atoms with Crippen molar-refractivity contribution in [3.8, 4) is 0 Å². The summed E-state index contributed by atoms with van der Waals surface area (Å²) in [6, 6.07) is 0.